The maximum absolute atomic E-state index is 12.0. The molecule has 1 fully saturated rings. The van der Waals surface area contributed by atoms with Gasteiger partial charge in [0.25, 0.3) is 0 Å². The molecule has 2 heterocycles. The molecule has 2 amide bonds. The molecule has 1 aromatic heterocycles. The molecule has 8 heteroatoms. The third kappa shape index (κ3) is 3.43. The number of carboxylic acids is 1. The Hall–Kier alpha value is -2.12. The number of nitrogens with zero attached hydrogens (tertiary/aromatic N) is 3. The van der Waals surface area contributed by atoms with Crippen molar-refractivity contribution in [1.29, 1.82) is 0 Å². The van der Waals surface area contributed by atoms with Crippen LogP contribution in [0.5, 0.6) is 0 Å². The summed E-state index contributed by atoms with van der Waals surface area (Å²) in [5.74, 6) is -0.0486. The first-order chi connectivity index (χ1) is 9.06. The van der Waals surface area contributed by atoms with Gasteiger partial charge in [-0.15, -0.1) is 0 Å². The van der Waals surface area contributed by atoms with Crippen LogP contribution in [0.25, 0.3) is 0 Å². The van der Waals surface area contributed by atoms with Gasteiger partial charge >= 0.3 is 12.0 Å². The smallest absolute Gasteiger partial charge is 0.318 e. The van der Waals surface area contributed by atoms with Crippen LogP contribution in [0.2, 0.25) is 0 Å². The second kappa shape index (κ2) is 5.68. The highest BCUT2D eigenvalue weighted by Crippen LogP contribution is 2.20. The van der Waals surface area contributed by atoms with E-state index in [-0.39, 0.29) is 25.0 Å². The maximum Gasteiger partial charge on any atom is 0.318 e. The summed E-state index contributed by atoms with van der Waals surface area (Å²) < 4.78 is 4.79. The van der Waals surface area contributed by atoms with E-state index in [1.54, 1.807) is 11.8 Å². The van der Waals surface area contributed by atoms with Gasteiger partial charge in [-0.3, -0.25) is 4.79 Å². The van der Waals surface area contributed by atoms with Crippen LogP contribution in [0.3, 0.4) is 0 Å². The quantitative estimate of drug-likeness (QED) is 0.824. The molecule has 8 nitrogen and oxygen atoms in total. The molecule has 2 N–H and O–H groups in total. The van der Waals surface area contributed by atoms with E-state index in [2.05, 4.69) is 15.5 Å². The van der Waals surface area contributed by atoms with Crippen molar-refractivity contribution in [2.24, 2.45) is 0 Å². The Labute approximate surface area is 109 Å². The summed E-state index contributed by atoms with van der Waals surface area (Å²) in [5, 5.41) is 15.1. The van der Waals surface area contributed by atoms with E-state index >= 15 is 0 Å². The number of amides is 2. The highest BCUT2D eigenvalue weighted by molar-refractivity contribution is 5.76. The number of aliphatic carboxylic acids is 1. The summed E-state index contributed by atoms with van der Waals surface area (Å²) in [4.78, 5) is 28.2. The molecule has 0 aromatic carbocycles. The number of nitrogens with one attached hydrogen (secondary N) is 1. The van der Waals surface area contributed by atoms with Crippen LogP contribution in [0.1, 0.15) is 31.0 Å². The van der Waals surface area contributed by atoms with Gasteiger partial charge < -0.3 is 19.8 Å². The van der Waals surface area contributed by atoms with E-state index in [9.17, 15) is 9.59 Å². The molecule has 0 spiro atoms. The summed E-state index contributed by atoms with van der Waals surface area (Å²) in [7, 11) is 0. The predicted molar refractivity (Wildman–Crippen MR) is 63.3 cm³/mol. The minimum atomic E-state index is -0.890. The number of likely N-dealkylation sites (tertiary alicyclic amines) is 1. The van der Waals surface area contributed by atoms with Crippen LogP contribution in [-0.2, 0) is 11.3 Å². The lowest BCUT2D eigenvalue weighted by molar-refractivity contribution is -0.137. The van der Waals surface area contributed by atoms with Gasteiger partial charge in [0.05, 0.1) is 13.0 Å². The third-order valence-corrected chi connectivity index (χ3v) is 3.02. The standard InChI is InChI=1S/C11H16N4O4/c1-7-13-9(14-19-7)6-12-11(18)15-4-2-3-8(15)5-10(16)17/h8H,2-6H2,1H3,(H,12,18)(H,16,17). The minimum Gasteiger partial charge on any atom is -0.481 e. The number of aryl methyl sites for hydroxylation is 1. The minimum absolute atomic E-state index is 0.0191. The average molecular weight is 268 g/mol. The lowest BCUT2D eigenvalue weighted by atomic mass is 10.1. The number of carbonyl (C=O) groups excluding carboxylic acids is 1. The zero-order valence-electron chi connectivity index (χ0n) is 10.6. The molecule has 0 bridgehead atoms. The number of aromatic nitrogens is 2. The molecule has 1 aromatic rings. The van der Waals surface area contributed by atoms with Crippen molar-refractivity contribution < 1.29 is 19.2 Å². The highest BCUT2D eigenvalue weighted by Gasteiger charge is 2.30. The Morgan fingerprint density at radius 3 is 3.00 bits per heavy atom. The van der Waals surface area contributed by atoms with Crippen molar-refractivity contribution in [2.45, 2.75) is 38.8 Å². The first-order valence-corrected chi connectivity index (χ1v) is 6.11. The molecule has 1 saturated heterocycles. The molecule has 1 aliphatic rings. The van der Waals surface area contributed by atoms with Gasteiger partial charge in [0.1, 0.15) is 0 Å². The summed E-state index contributed by atoms with van der Waals surface area (Å²) in [6, 6.07) is -0.518. The Morgan fingerprint density at radius 2 is 2.37 bits per heavy atom. The SMILES string of the molecule is Cc1nc(CNC(=O)N2CCCC2CC(=O)O)no1. The predicted octanol–water partition coefficient (Wildman–Crippen LogP) is 0.527. The number of carboxylic acid groups (broad SMARTS) is 1. The Kier molecular flexibility index (Phi) is 3.98. The number of hydrogen-bond donors (Lipinski definition) is 2. The van der Waals surface area contributed by atoms with E-state index in [0.29, 0.717) is 18.3 Å². The van der Waals surface area contributed by atoms with Gasteiger partial charge in [0.2, 0.25) is 5.89 Å². The molecule has 2 rings (SSSR count). The monoisotopic (exact) mass is 268 g/mol. The number of rotatable bonds is 4. The number of hydrogen-bond acceptors (Lipinski definition) is 5. The van der Waals surface area contributed by atoms with E-state index in [0.717, 1.165) is 12.8 Å². The largest absolute Gasteiger partial charge is 0.481 e. The Balaban J connectivity index is 1.86. The summed E-state index contributed by atoms with van der Waals surface area (Å²) in [5.41, 5.74) is 0. The van der Waals surface area contributed by atoms with Crippen molar-refractivity contribution in [1.82, 2.24) is 20.4 Å². The zero-order valence-corrected chi connectivity index (χ0v) is 10.6. The second-order valence-corrected chi connectivity index (χ2v) is 4.48. The van der Waals surface area contributed by atoms with E-state index in [4.69, 9.17) is 9.63 Å². The maximum atomic E-state index is 12.0. The molecular weight excluding hydrogens is 252 g/mol. The van der Waals surface area contributed by atoms with Gasteiger partial charge in [-0.2, -0.15) is 4.98 Å². The van der Waals surface area contributed by atoms with Crippen molar-refractivity contribution in [3.05, 3.63) is 11.7 Å². The Morgan fingerprint density at radius 1 is 1.58 bits per heavy atom. The molecular formula is C11H16N4O4. The molecule has 104 valence electrons. The molecule has 19 heavy (non-hydrogen) atoms. The first-order valence-electron chi connectivity index (χ1n) is 6.11. The molecule has 1 atom stereocenters. The van der Waals surface area contributed by atoms with Crippen LogP contribution in [0.4, 0.5) is 4.79 Å². The molecule has 0 radical (unpaired) electrons. The summed E-state index contributed by atoms with van der Waals surface area (Å²) >= 11 is 0. The van der Waals surface area contributed by atoms with Crippen LogP contribution >= 0.6 is 0 Å². The van der Waals surface area contributed by atoms with Crippen LogP contribution in [0, 0.1) is 6.92 Å². The van der Waals surface area contributed by atoms with Crippen LogP contribution in [0.15, 0.2) is 4.52 Å². The fraction of sp³-hybridized carbons (Fsp3) is 0.636. The first kappa shape index (κ1) is 13.3. The lowest BCUT2D eigenvalue weighted by Gasteiger charge is -2.23. The summed E-state index contributed by atoms with van der Waals surface area (Å²) in [6.45, 7) is 2.42. The van der Waals surface area contributed by atoms with Crippen LogP contribution < -0.4 is 5.32 Å². The normalized spacial score (nSPS) is 18.6. The van der Waals surface area contributed by atoms with Gasteiger partial charge in [0.15, 0.2) is 5.82 Å². The van der Waals surface area contributed by atoms with Gasteiger partial charge in [-0.25, -0.2) is 4.79 Å². The second-order valence-electron chi connectivity index (χ2n) is 4.48. The zero-order chi connectivity index (χ0) is 13.8. The third-order valence-electron chi connectivity index (χ3n) is 3.02. The van der Waals surface area contributed by atoms with Gasteiger partial charge in [-0.05, 0) is 12.8 Å². The molecule has 1 unspecified atom stereocenters. The van der Waals surface area contributed by atoms with Crippen molar-refractivity contribution in [3.63, 3.8) is 0 Å². The number of carbonyl (C=O) groups is 2. The fourth-order valence-electron chi connectivity index (χ4n) is 2.19. The Bertz CT molecular complexity index is 473. The number of urea groups is 1. The lowest BCUT2D eigenvalue weighted by Crippen LogP contribution is -2.43. The van der Waals surface area contributed by atoms with Crippen molar-refractivity contribution >= 4 is 12.0 Å². The molecule has 0 aliphatic carbocycles. The van der Waals surface area contributed by atoms with E-state index in [1.807, 2.05) is 0 Å². The van der Waals surface area contributed by atoms with Gasteiger partial charge in [0, 0.05) is 19.5 Å². The molecule has 1 aliphatic heterocycles. The van der Waals surface area contributed by atoms with E-state index < -0.39 is 5.97 Å². The highest BCUT2D eigenvalue weighted by atomic mass is 16.5. The van der Waals surface area contributed by atoms with Crippen LogP contribution in [-0.4, -0.2) is 44.7 Å². The topological polar surface area (TPSA) is 109 Å². The van der Waals surface area contributed by atoms with Gasteiger partial charge in [-0.1, -0.05) is 5.16 Å². The fourth-order valence-corrected chi connectivity index (χ4v) is 2.19. The average Bonchev–Trinajstić information content (AvgIpc) is 2.94. The van der Waals surface area contributed by atoms with Crippen molar-refractivity contribution in [2.75, 3.05) is 6.54 Å². The van der Waals surface area contributed by atoms with Crippen molar-refractivity contribution in [3.8, 4) is 0 Å². The summed E-state index contributed by atoms with van der Waals surface area (Å²) in [6.07, 6.45) is 1.53. The van der Waals surface area contributed by atoms with E-state index in [1.165, 1.54) is 0 Å². The molecule has 0 saturated carbocycles.